The summed E-state index contributed by atoms with van der Waals surface area (Å²) in [5.74, 6) is 1.15. The third kappa shape index (κ3) is 3.48. The Balaban J connectivity index is 2.36. The minimum absolute atomic E-state index is 0.289. The van der Waals surface area contributed by atoms with Gasteiger partial charge in [-0.3, -0.25) is 0 Å². The molecule has 6 heteroatoms. The molecule has 0 bridgehead atoms. The lowest BCUT2D eigenvalue weighted by atomic mass is 10.2. The number of benzene rings is 1. The van der Waals surface area contributed by atoms with Crippen molar-refractivity contribution < 1.29 is 9.47 Å². The first kappa shape index (κ1) is 16.1. The van der Waals surface area contributed by atoms with Crippen molar-refractivity contribution >= 4 is 22.9 Å². The normalized spacial score (nSPS) is 12.2. The van der Waals surface area contributed by atoms with Crippen LogP contribution < -0.4 is 14.8 Å². The highest BCUT2D eigenvalue weighted by Gasteiger charge is 2.15. The molecule has 114 valence electrons. The van der Waals surface area contributed by atoms with Gasteiger partial charge in [-0.1, -0.05) is 18.5 Å². The number of nitrogens with zero attached hydrogens (tertiary/aromatic N) is 1. The Kier molecular flexibility index (Phi) is 5.45. The van der Waals surface area contributed by atoms with Crippen LogP contribution in [0.3, 0.4) is 0 Å². The maximum atomic E-state index is 6.24. The summed E-state index contributed by atoms with van der Waals surface area (Å²) in [4.78, 5) is 5.68. The highest BCUT2D eigenvalue weighted by Crippen LogP contribution is 2.40. The van der Waals surface area contributed by atoms with Gasteiger partial charge in [0, 0.05) is 22.7 Å². The Bertz CT molecular complexity index is 616. The zero-order valence-corrected chi connectivity index (χ0v) is 14.1. The van der Waals surface area contributed by atoms with E-state index in [2.05, 4.69) is 24.1 Å². The molecule has 0 spiro atoms. The summed E-state index contributed by atoms with van der Waals surface area (Å²) < 4.78 is 10.6. The molecule has 1 aromatic heterocycles. The van der Waals surface area contributed by atoms with Crippen molar-refractivity contribution in [1.29, 1.82) is 0 Å². The largest absolute Gasteiger partial charge is 0.493 e. The fourth-order valence-corrected chi connectivity index (χ4v) is 3.29. The van der Waals surface area contributed by atoms with Gasteiger partial charge in [-0.15, -0.1) is 11.3 Å². The van der Waals surface area contributed by atoms with Crippen molar-refractivity contribution in [3.8, 4) is 22.1 Å². The Morgan fingerprint density at radius 3 is 2.71 bits per heavy atom. The van der Waals surface area contributed by atoms with Gasteiger partial charge in [0.1, 0.15) is 5.01 Å². The molecule has 0 aliphatic carbocycles. The molecule has 2 aromatic rings. The topological polar surface area (TPSA) is 43.4 Å². The first-order chi connectivity index (χ1) is 10.1. The summed E-state index contributed by atoms with van der Waals surface area (Å²) in [6.45, 7) is 5.14. The van der Waals surface area contributed by atoms with Gasteiger partial charge < -0.3 is 14.8 Å². The van der Waals surface area contributed by atoms with Crippen molar-refractivity contribution in [3.05, 3.63) is 28.2 Å². The number of aromatic nitrogens is 1. The SMILES string of the molecule is CCNC(C)c1cnc(-c2cc(Cl)c(OC)c(OC)c2)s1. The molecule has 4 nitrogen and oxygen atoms in total. The first-order valence-electron chi connectivity index (χ1n) is 6.71. The maximum Gasteiger partial charge on any atom is 0.179 e. The molecule has 0 aliphatic heterocycles. The van der Waals surface area contributed by atoms with E-state index in [1.807, 2.05) is 18.3 Å². The van der Waals surface area contributed by atoms with Crippen LogP contribution in [0.4, 0.5) is 0 Å². The van der Waals surface area contributed by atoms with E-state index >= 15 is 0 Å². The maximum absolute atomic E-state index is 6.24. The van der Waals surface area contributed by atoms with E-state index in [0.717, 1.165) is 17.1 Å². The highest BCUT2D eigenvalue weighted by atomic mass is 35.5. The van der Waals surface area contributed by atoms with E-state index in [1.54, 1.807) is 25.6 Å². The monoisotopic (exact) mass is 326 g/mol. The van der Waals surface area contributed by atoms with Crippen molar-refractivity contribution in [1.82, 2.24) is 10.3 Å². The second-order valence-electron chi connectivity index (χ2n) is 4.54. The number of rotatable bonds is 6. The molecule has 0 saturated carbocycles. The predicted molar refractivity (Wildman–Crippen MR) is 87.8 cm³/mol. The summed E-state index contributed by atoms with van der Waals surface area (Å²) in [5, 5.41) is 4.81. The molecule has 0 fully saturated rings. The number of hydrogen-bond acceptors (Lipinski definition) is 5. The van der Waals surface area contributed by atoms with Crippen molar-refractivity contribution in [2.45, 2.75) is 19.9 Å². The van der Waals surface area contributed by atoms with Gasteiger partial charge in [0.15, 0.2) is 11.5 Å². The number of nitrogens with one attached hydrogen (secondary N) is 1. The van der Waals surface area contributed by atoms with Crippen LogP contribution in [0.25, 0.3) is 10.6 Å². The van der Waals surface area contributed by atoms with E-state index < -0.39 is 0 Å². The standard InChI is InChI=1S/C15H19ClN2O2S/c1-5-17-9(2)13-8-18-15(21-13)10-6-11(16)14(20-4)12(7-10)19-3/h6-9,17H,5H2,1-4H3. The molecule has 1 aromatic carbocycles. The average Bonchev–Trinajstić information content (AvgIpc) is 2.96. The molecular formula is C15H19ClN2O2S. The summed E-state index contributed by atoms with van der Waals surface area (Å²) >= 11 is 7.89. The van der Waals surface area contributed by atoms with Gasteiger partial charge in [-0.05, 0) is 25.6 Å². The third-order valence-electron chi connectivity index (χ3n) is 3.14. The van der Waals surface area contributed by atoms with Crippen LogP contribution in [0.15, 0.2) is 18.3 Å². The number of ether oxygens (including phenoxy) is 2. The first-order valence-corrected chi connectivity index (χ1v) is 7.91. The Morgan fingerprint density at radius 1 is 1.33 bits per heavy atom. The fraction of sp³-hybridized carbons (Fsp3) is 0.400. The molecule has 1 unspecified atom stereocenters. The van der Waals surface area contributed by atoms with Crippen molar-refractivity contribution in [3.63, 3.8) is 0 Å². The lowest BCUT2D eigenvalue weighted by Crippen LogP contribution is -2.16. The molecule has 2 rings (SSSR count). The second kappa shape index (κ2) is 7.11. The van der Waals surface area contributed by atoms with E-state index in [0.29, 0.717) is 16.5 Å². The molecule has 0 amide bonds. The van der Waals surface area contributed by atoms with Crippen LogP contribution in [-0.4, -0.2) is 25.7 Å². The van der Waals surface area contributed by atoms with Crippen molar-refractivity contribution in [2.75, 3.05) is 20.8 Å². The summed E-state index contributed by atoms with van der Waals surface area (Å²) in [6.07, 6.45) is 1.90. The zero-order chi connectivity index (χ0) is 15.4. The molecular weight excluding hydrogens is 308 g/mol. The van der Waals surface area contributed by atoms with Gasteiger partial charge in [0.25, 0.3) is 0 Å². The molecule has 0 radical (unpaired) electrons. The van der Waals surface area contributed by atoms with Gasteiger partial charge >= 0.3 is 0 Å². The number of methoxy groups -OCH3 is 2. The van der Waals surface area contributed by atoms with Gasteiger partial charge in [0.2, 0.25) is 0 Å². The van der Waals surface area contributed by atoms with Crippen LogP contribution >= 0.6 is 22.9 Å². The van der Waals surface area contributed by atoms with Gasteiger partial charge in [0.05, 0.1) is 19.2 Å². The summed E-state index contributed by atoms with van der Waals surface area (Å²) in [5.41, 5.74) is 0.928. The Labute approximate surface area is 134 Å². The summed E-state index contributed by atoms with van der Waals surface area (Å²) in [6, 6.07) is 4.03. The van der Waals surface area contributed by atoms with E-state index in [1.165, 1.54) is 4.88 Å². The Morgan fingerprint density at radius 2 is 2.10 bits per heavy atom. The second-order valence-corrected chi connectivity index (χ2v) is 6.01. The van der Waals surface area contributed by atoms with Crippen LogP contribution in [0.1, 0.15) is 24.8 Å². The van der Waals surface area contributed by atoms with E-state index in [9.17, 15) is 0 Å². The molecule has 1 heterocycles. The number of halogens is 1. The molecule has 1 N–H and O–H groups in total. The molecule has 0 aliphatic rings. The summed E-state index contributed by atoms with van der Waals surface area (Å²) in [7, 11) is 3.17. The predicted octanol–water partition coefficient (Wildman–Crippen LogP) is 4.15. The lowest BCUT2D eigenvalue weighted by molar-refractivity contribution is 0.355. The van der Waals surface area contributed by atoms with Crippen LogP contribution in [0.5, 0.6) is 11.5 Å². The average molecular weight is 327 g/mol. The van der Waals surface area contributed by atoms with Gasteiger partial charge in [-0.2, -0.15) is 0 Å². The number of thiazole rings is 1. The fourth-order valence-electron chi connectivity index (χ4n) is 2.07. The highest BCUT2D eigenvalue weighted by molar-refractivity contribution is 7.15. The quantitative estimate of drug-likeness (QED) is 0.866. The minimum atomic E-state index is 0.289. The molecule has 0 saturated heterocycles. The van der Waals surface area contributed by atoms with Crippen LogP contribution in [0.2, 0.25) is 5.02 Å². The smallest absolute Gasteiger partial charge is 0.179 e. The lowest BCUT2D eigenvalue weighted by Gasteiger charge is -2.11. The molecule has 1 atom stereocenters. The third-order valence-corrected chi connectivity index (χ3v) is 4.65. The van der Waals surface area contributed by atoms with E-state index in [-0.39, 0.29) is 6.04 Å². The molecule has 21 heavy (non-hydrogen) atoms. The minimum Gasteiger partial charge on any atom is -0.493 e. The number of hydrogen-bond donors (Lipinski definition) is 1. The van der Waals surface area contributed by atoms with Crippen LogP contribution in [-0.2, 0) is 0 Å². The zero-order valence-electron chi connectivity index (χ0n) is 12.6. The van der Waals surface area contributed by atoms with Gasteiger partial charge in [-0.25, -0.2) is 4.98 Å². The van der Waals surface area contributed by atoms with Crippen molar-refractivity contribution in [2.24, 2.45) is 0 Å². The van der Waals surface area contributed by atoms with E-state index in [4.69, 9.17) is 21.1 Å². The van der Waals surface area contributed by atoms with Crippen LogP contribution in [0, 0.1) is 0 Å². The Hall–Kier alpha value is -1.30.